The molecule has 196 valence electrons. The first-order chi connectivity index (χ1) is 19.5. The third-order valence-corrected chi connectivity index (χ3v) is 8.50. The summed E-state index contributed by atoms with van der Waals surface area (Å²) in [6.07, 6.45) is 1.78. The molecule has 1 fully saturated rings. The molecule has 2 atom stereocenters. The predicted octanol–water partition coefficient (Wildman–Crippen LogP) is 5.56. The van der Waals surface area contributed by atoms with Gasteiger partial charge >= 0.3 is 0 Å². The van der Waals surface area contributed by atoms with Gasteiger partial charge in [0.15, 0.2) is 0 Å². The van der Waals surface area contributed by atoms with Crippen LogP contribution < -0.4 is 9.64 Å². The molecule has 4 aromatic carbocycles. The molecule has 0 N–H and O–H groups in total. The number of hydrogen-bond donors (Lipinski definition) is 0. The van der Waals surface area contributed by atoms with Gasteiger partial charge in [-0.15, -0.1) is 0 Å². The highest BCUT2D eigenvalue weighted by atomic mass is 16.6. The number of para-hydroxylation sites is 4. The van der Waals surface area contributed by atoms with E-state index in [2.05, 4.69) is 0 Å². The number of imide groups is 1. The van der Waals surface area contributed by atoms with Crippen LogP contribution in [0.3, 0.4) is 0 Å². The smallest absolute Gasteiger partial charge is 0.293 e. The maximum absolute atomic E-state index is 14.5. The van der Waals surface area contributed by atoms with E-state index in [1.165, 1.54) is 18.2 Å². The number of nitro benzene ring substituents is 1. The summed E-state index contributed by atoms with van der Waals surface area (Å²) >= 11 is 0. The maximum atomic E-state index is 14.5. The molecule has 1 aliphatic heterocycles. The Balaban J connectivity index is 1.51. The van der Waals surface area contributed by atoms with E-state index in [0.717, 1.165) is 27.2 Å². The molecular weight excluding hydrogens is 506 g/mol. The van der Waals surface area contributed by atoms with E-state index in [-0.39, 0.29) is 17.3 Å². The Morgan fingerprint density at radius 2 is 1.45 bits per heavy atom. The van der Waals surface area contributed by atoms with Gasteiger partial charge in [0.25, 0.3) is 5.69 Å². The van der Waals surface area contributed by atoms with Crippen molar-refractivity contribution in [3.05, 3.63) is 129 Å². The van der Waals surface area contributed by atoms with Crippen LogP contribution >= 0.6 is 0 Å². The number of nitrogens with zero attached hydrogens (tertiary/aromatic N) is 3. The largest absolute Gasteiger partial charge is 0.494 e. The van der Waals surface area contributed by atoms with E-state index >= 15 is 0 Å². The molecule has 4 aliphatic rings. The van der Waals surface area contributed by atoms with Gasteiger partial charge in [-0.1, -0.05) is 72.8 Å². The number of anilines is 1. The Morgan fingerprint density at radius 3 is 2.12 bits per heavy atom. The highest BCUT2D eigenvalue weighted by Crippen LogP contribution is 2.64. The number of hydrogen-bond acceptors (Lipinski definition) is 6. The molecule has 1 saturated heterocycles. The van der Waals surface area contributed by atoms with E-state index in [4.69, 9.17) is 9.73 Å². The second-order valence-corrected chi connectivity index (χ2v) is 10.2. The van der Waals surface area contributed by atoms with Crippen molar-refractivity contribution in [1.29, 1.82) is 0 Å². The van der Waals surface area contributed by atoms with Gasteiger partial charge in [0.1, 0.15) is 17.1 Å². The molecule has 2 bridgehead atoms. The van der Waals surface area contributed by atoms with E-state index in [0.29, 0.717) is 11.4 Å². The van der Waals surface area contributed by atoms with Gasteiger partial charge < -0.3 is 4.74 Å². The summed E-state index contributed by atoms with van der Waals surface area (Å²) in [5.41, 5.74) is 2.93. The van der Waals surface area contributed by atoms with E-state index in [9.17, 15) is 19.7 Å². The second-order valence-electron chi connectivity index (χ2n) is 10.2. The summed E-state index contributed by atoms with van der Waals surface area (Å²) < 4.78 is 5.53. The third-order valence-electron chi connectivity index (χ3n) is 8.50. The van der Waals surface area contributed by atoms with Gasteiger partial charge in [-0.25, -0.2) is 4.90 Å². The molecule has 1 heterocycles. The number of benzene rings is 4. The zero-order valence-corrected chi connectivity index (χ0v) is 21.4. The molecule has 0 saturated carbocycles. The highest BCUT2D eigenvalue weighted by molar-refractivity contribution is 6.25. The minimum absolute atomic E-state index is 0.0128. The third kappa shape index (κ3) is 3.04. The summed E-state index contributed by atoms with van der Waals surface area (Å²) in [5, 5.41) is 11.9. The van der Waals surface area contributed by atoms with Crippen LogP contribution in [0.15, 0.2) is 102 Å². The quantitative estimate of drug-likeness (QED) is 0.146. The van der Waals surface area contributed by atoms with Crippen LogP contribution in [0.1, 0.15) is 28.2 Å². The summed E-state index contributed by atoms with van der Waals surface area (Å²) in [7, 11) is 1.57. The number of rotatable bonds is 5. The lowest BCUT2D eigenvalue weighted by Crippen LogP contribution is -2.54. The standard InChI is InChI=1S/C32H23N3O5/c1-40-26-17-9-6-14-23(26)33-18-32-21-12-4-2-10-19(21)27(20-11-3-5-13-22(20)32)28-29(32)31(37)34(30(28)36)24-15-7-8-16-25(24)35(38)39/h2-18,27-29H,1H3/t27?,28-,29-,32?/m0/s1. The average molecular weight is 530 g/mol. The van der Waals surface area contributed by atoms with Crippen LogP contribution in [0.2, 0.25) is 0 Å². The van der Waals surface area contributed by atoms with Crippen molar-refractivity contribution in [3.8, 4) is 5.75 Å². The number of carbonyl (C=O) groups is 2. The van der Waals surface area contributed by atoms with Crippen molar-refractivity contribution in [1.82, 2.24) is 0 Å². The van der Waals surface area contributed by atoms with Crippen LogP contribution in [0, 0.1) is 22.0 Å². The molecular formula is C32H23N3O5. The van der Waals surface area contributed by atoms with Gasteiger partial charge in [0.05, 0.1) is 29.3 Å². The Morgan fingerprint density at radius 1 is 0.850 bits per heavy atom. The number of aliphatic imine (C=N–C) groups is 1. The summed E-state index contributed by atoms with van der Waals surface area (Å²) in [4.78, 5) is 46.0. The number of carbonyl (C=O) groups excluding carboxylic acids is 2. The van der Waals surface area contributed by atoms with Crippen LogP contribution in [-0.2, 0) is 15.0 Å². The van der Waals surface area contributed by atoms with Gasteiger partial charge in [-0.05, 0) is 40.5 Å². The molecule has 8 rings (SSSR count). The molecule has 4 aromatic rings. The number of nitro groups is 1. The molecule has 8 nitrogen and oxygen atoms in total. The van der Waals surface area contributed by atoms with Crippen LogP contribution in [0.5, 0.6) is 5.75 Å². The Hall–Kier alpha value is -5.11. The van der Waals surface area contributed by atoms with Gasteiger partial charge in [0, 0.05) is 18.2 Å². The normalized spacial score (nSPS) is 24.1. The molecule has 0 spiro atoms. The average Bonchev–Trinajstić information content (AvgIpc) is 3.26. The lowest BCUT2D eigenvalue weighted by Gasteiger charge is -2.52. The Bertz CT molecular complexity index is 1720. The Kier molecular flexibility index (Phi) is 5.22. The van der Waals surface area contributed by atoms with Gasteiger partial charge in [-0.2, -0.15) is 0 Å². The SMILES string of the molecule is COc1ccccc1N=CC12c3ccccc3C(c3ccccc31)[C@@H]1C(=O)N(c3ccccc3[N+](=O)[O-])C(=O)[C@H]12. The molecule has 0 radical (unpaired) electrons. The molecule has 0 aromatic heterocycles. The lowest BCUT2D eigenvalue weighted by molar-refractivity contribution is -0.384. The zero-order chi connectivity index (χ0) is 27.6. The van der Waals surface area contributed by atoms with Crippen molar-refractivity contribution in [2.75, 3.05) is 12.0 Å². The highest BCUT2D eigenvalue weighted by Gasteiger charge is 2.68. The lowest BCUT2D eigenvalue weighted by atomic mass is 9.47. The first-order valence-electron chi connectivity index (χ1n) is 13.0. The molecule has 3 aliphatic carbocycles. The first kappa shape index (κ1) is 24.0. The predicted molar refractivity (Wildman–Crippen MR) is 149 cm³/mol. The maximum Gasteiger partial charge on any atom is 0.293 e. The molecule has 2 amide bonds. The summed E-state index contributed by atoms with van der Waals surface area (Å²) in [5.74, 6) is -2.29. The number of ether oxygens (including phenoxy) is 1. The fourth-order valence-corrected chi connectivity index (χ4v) is 7.00. The molecule has 0 unspecified atom stereocenters. The van der Waals surface area contributed by atoms with Gasteiger partial charge in [-0.3, -0.25) is 24.7 Å². The summed E-state index contributed by atoms with van der Waals surface area (Å²) in [6.45, 7) is 0. The van der Waals surface area contributed by atoms with Crippen molar-refractivity contribution in [2.24, 2.45) is 16.8 Å². The van der Waals surface area contributed by atoms with Crippen molar-refractivity contribution in [3.63, 3.8) is 0 Å². The van der Waals surface area contributed by atoms with E-state index in [1.54, 1.807) is 19.4 Å². The monoisotopic (exact) mass is 529 g/mol. The molecule has 40 heavy (non-hydrogen) atoms. The Labute approximate surface area is 229 Å². The fraction of sp³-hybridized carbons (Fsp3) is 0.156. The number of methoxy groups -OCH3 is 1. The van der Waals surface area contributed by atoms with Crippen LogP contribution in [-0.4, -0.2) is 30.1 Å². The van der Waals surface area contributed by atoms with Crippen molar-refractivity contribution < 1.29 is 19.2 Å². The molecule has 8 heteroatoms. The van der Waals surface area contributed by atoms with E-state index in [1.807, 2.05) is 72.8 Å². The second kappa shape index (κ2) is 8.71. The van der Waals surface area contributed by atoms with Crippen molar-refractivity contribution >= 4 is 35.1 Å². The minimum atomic E-state index is -1.08. The fourth-order valence-electron chi connectivity index (χ4n) is 7.00. The minimum Gasteiger partial charge on any atom is -0.494 e. The first-order valence-corrected chi connectivity index (χ1v) is 13.0. The van der Waals surface area contributed by atoms with Gasteiger partial charge in [0.2, 0.25) is 11.8 Å². The number of amides is 2. The summed E-state index contributed by atoms with van der Waals surface area (Å²) in [6, 6.07) is 29.0. The van der Waals surface area contributed by atoms with Crippen molar-refractivity contribution in [2.45, 2.75) is 11.3 Å². The topological polar surface area (TPSA) is 102 Å². The van der Waals surface area contributed by atoms with Crippen LogP contribution in [0.4, 0.5) is 17.1 Å². The zero-order valence-electron chi connectivity index (χ0n) is 21.4. The van der Waals surface area contributed by atoms with E-state index < -0.39 is 34.0 Å². The van der Waals surface area contributed by atoms with Crippen LogP contribution in [0.25, 0.3) is 0 Å².